The Morgan fingerprint density at radius 2 is 1.43 bits per heavy atom. The predicted octanol–water partition coefficient (Wildman–Crippen LogP) is -0.243. The van der Waals surface area contributed by atoms with Gasteiger partial charge in [-0.15, -0.1) is 0 Å². The van der Waals surface area contributed by atoms with Gasteiger partial charge in [-0.2, -0.15) is 0 Å². The van der Waals surface area contributed by atoms with Crippen molar-refractivity contribution in [3.05, 3.63) is 24.4 Å². The first-order chi connectivity index (χ1) is 6.39. The Labute approximate surface area is 95.6 Å². The minimum absolute atomic E-state index is 0. The topological polar surface area (TPSA) is 64.1 Å². The molecule has 0 N–H and O–H groups in total. The summed E-state index contributed by atoms with van der Waals surface area (Å²) in [4.78, 5) is 27.2. The van der Waals surface area contributed by atoms with Crippen LogP contribution in [0.5, 0.6) is 0 Å². The summed E-state index contributed by atoms with van der Waals surface area (Å²) < 4.78 is 0. The second-order valence-electron chi connectivity index (χ2n) is 1.25. The van der Waals surface area contributed by atoms with Crippen molar-refractivity contribution in [1.29, 1.82) is 0 Å². The third-order valence-electron chi connectivity index (χ3n) is 0.688. The molecule has 1 aromatic heterocycles. The summed E-state index contributed by atoms with van der Waals surface area (Å²) in [6.07, 6.45) is 1.77. The van der Waals surface area contributed by atoms with Crippen molar-refractivity contribution in [1.82, 2.24) is 4.98 Å². The molecule has 0 aliphatic heterocycles. The van der Waals surface area contributed by atoms with Crippen molar-refractivity contribution in [2.45, 2.75) is 0 Å². The average Bonchev–Trinajstić information content (AvgIpc) is 2.28. The van der Waals surface area contributed by atoms with Gasteiger partial charge in [0.25, 0.3) is 0 Å². The largest absolute Gasteiger partial charge is 0.490 e. The molecule has 1 aromatic rings. The van der Waals surface area contributed by atoms with Crippen LogP contribution >= 0.6 is 9.24 Å². The van der Waals surface area contributed by atoms with Crippen molar-refractivity contribution in [3.8, 4) is 0 Å². The molecule has 0 aliphatic rings. The summed E-state index contributed by atoms with van der Waals surface area (Å²) in [5, 5.41) is 0. The van der Waals surface area contributed by atoms with Crippen LogP contribution in [-0.4, -0.2) is 25.4 Å². The zero-order valence-corrected chi connectivity index (χ0v) is 9.25. The maximum Gasteiger partial charge on any atom is 0.490 e. The molecule has 14 heavy (non-hydrogen) atoms. The van der Waals surface area contributed by atoms with E-state index in [-0.39, 0.29) is 16.5 Å². The molecule has 0 bridgehead atoms. The Morgan fingerprint density at radius 3 is 1.57 bits per heavy atom. The van der Waals surface area contributed by atoms with E-state index in [4.69, 9.17) is 14.4 Å². The summed E-state index contributed by atoms with van der Waals surface area (Å²) in [5.74, 6) is 0. The third-order valence-corrected chi connectivity index (χ3v) is 1.03. The standard InChI is InChI=1S/C5H6NP.3CHO.Ni/c7-5-3-1-2-4-6-5;3*1-2;/h1-4H,7H2;3*1H;/q;3*+1;. The molecular formula is C8H9NNiO3P+3. The molecule has 1 unspecified atom stereocenters. The van der Waals surface area contributed by atoms with E-state index in [1.807, 2.05) is 18.2 Å². The zero-order valence-electron chi connectivity index (χ0n) is 7.11. The molecule has 0 spiro atoms. The first kappa shape index (κ1) is 23.0. The number of hydrogen-bond acceptors (Lipinski definition) is 4. The van der Waals surface area contributed by atoms with E-state index in [1.165, 1.54) is 0 Å². The summed E-state index contributed by atoms with van der Waals surface area (Å²) in [6.45, 7) is 9.75. The van der Waals surface area contributed by atoms with Gasteiger partial charge in [0.1, 0.15) is 0 Å². The van der Waals surface area contributed by atoms with Crippen molar-refractivity contribution < 1.29 is 30.9 Å². The first-order valence-electron chi connectivity index (χ1n) is 2.77. The molecule has 0 saturated carbocycles. The van der Waals surface area contributed by atoms with Crippen LogP contribution in [0.25, 0.3) is 0 Å². The Hall–Kier alpha value is -1.19. The normalized spacial score (nSPS) is 5.00. The average molecular weight is 257 g/mol. The molecule has 1 atom stereocenters. The molecule has 0 fully saturated rings. The maximum atomic E-state index is 7.75. The third kappa shape index (κ3) is 22.4. The Morgan fingerprint density at radius 1 is 1.00 bits per heavy atom. The fourth-order valence-electron chi connectivity index (χ4n) is 0.376. The molecule has 6 heteroatoms. The van der Waals surface area contributed by atoms with Gasteiger partial charge in [-0.25, -0.2) is 0 Å². The van der Waals surface area contributed by atoms with E-state index in [9.17, 15) is 0 Å². The van der Waals surface area contributed by atoms with Crippen LogP contribution in [0.15, 0.2) is 24.4 Å². The molecule has 0 aromatic carbocycles. The minimum Gasteiger partial charge on any atom is -0.257 e. The van der Waals surface area contributed by atoms with Crippen LogP contribution in [0.1, 0.15) is 0 Å². The van der Waals surface area contributed by atoms with E-state index in [1.54, 1.807) is 6.20 Å². The monoisotopic (exact) mass is 256 g/mol. The fourth-order valence-corrected chi connectivity index (χ4v) is 0.573. The smallest absolute Gasteiger partial charge is 0.257 e. The predicted molar refractivity (Wildman–Crippen MR) is 53.8 cm³/mol. The van der Waals surface area contributed by atoms with Gasteiger partial charge in [0.2, 0.25) is 0 Å². The number of carbonyl (C=O) groups excluding carboxylic acids is 3. The van der Waals surface area contributed by atoms with Crippen LogP contribution in [0.2, 0.25) is 0 Å². The summed E-state index contributed by atoms with van der Waals surface area (Å²) in [5.41, 5.74) is 0.988. The van der Waals surface area contributed by atoms with E-state index in [0.29, 0.717) is 0 Å². The molecule has 1 heterocycles. The number of hydrogen-bond donors (Lipinski definition) is 0. The van der Waals surface area contributed by atoms with Crippen LogP contribution in [-0.2, 0) is 30.9 Å². The quantitative estimate of drug-likeness (QED) is 0.278. The Bertz CT molecular complexity index is 184. The van der Waals surface area contributed by atoms with Gasteiger partial charge in [0.05, 0.1) is 5.44 Å². The van der Waals surface area contributed by atoms with Gasteiger partial charge in [-0.1, -0.05) is 15.3 Å². The molecule has 4 nitrogen and oxygen atoms in total. The fraction of sp³-hybridized carbons (Fsp3) is 0. The van der Waals surface area contributed by atoms with Crippen LogP contribution in [0.4, 0.5) is 0 Å². The molecule has 0 saturated heterocycles. The van der Waals surface area contributed by atoms with E-state index in [2.05, 4.69) is 34.6 Å². The molecular weight excluding hydrogens is 248 g/mol. The number of aromatic nitrogens is 1. The molecule has 0 radical (unpaired) electrons. The second-order valence-corrected chi connectivity index (χ2v) is 1.85. The van der Waals surface area contributed by atoms with Crippen molar-refractivity contribution in [3.63, 3.8) is 0 Å². The first-order valence-corrected chi connectivity index (χ1v) is 3.34. The Balaban J connectivity index is -0.0000000625. The molecule has 76 valence electrons. The summed E-state index contributed by atoms with van der Waals surface area (Å²) in [6, 6.07) is 5.79. The van der Waals surface area contributed by atoms with Gasteiger partial charge in [-0.3, -0.25) is 4.98 Å². The Kier molecular flexibility index (Phi) is 48.9. The molecule has 0 amide bonds. The zero-order chi connectivity index (χ0) is 11.1. The van der Waals surface area contributed by atoms with E-state index >= 15 is 0 Å². The summed E-state index contributed by atoms with van der Waals surface area (Å²) in [7, 11) is 2.52. The van der Waals surface area contributed by atoms with Crippen LogP contribution in [0, 0.1) is 0 Å². The summed E-state index contributed by atoms with van der Waals surface area (Å²) >= 11 is 0. The van der Waals surface area contributed by atoms with Crippen molar-refractivity contribution in [2.24, 2.45) is 0 Å². The molecule has 0 aliphatic carbocycles. The van der Waals surface area contributed by atoms with Crippen molar-refractivity contribution >= 4 is 35.0 Å². The second kappa shape index (κ2) is 29.8. The number of rotatable bonds is 0. The van der Waals surface area contributed by atoms with E-state index in [0.717, 1.165) is 5.44 Å². The van der Waals surface area contributed by atoms with Gasteiger partial charge in [0, 0.05) is 37.1 Å². The van der Waals surface area contributed by atoms with Gasteiger partial charge in [0.15, 0.2) is 0 Å². The number of nitrogens with zero attached hydrogens (tertiary/aromatic N) is 1. The maximum absolute atomic E-state index is 7.75. The molecule has 1 rings (SSSR count). The van der Waals surface area contributed by atoms with Crippen LogP contribution in [0.3, 0.4) is 0 Å². The number of pyridine rings is 1. The van der Waals surface area contributed by atoms with E-state index < -0.39 is 0 Å². The van der Waals surface area contributed by atoms with Gasteiger partial charge in [-0.05, 0) is 12.1 Å². The van der Waals surface area contributed by atoms with Gasteiger partial charge >= 0.3 is 20.4 Å². The van der Waals surface area contributed by atoms with Crippen LogP contribution < -0.4 is 5.44 Å². The SMILES string of the molecule is Pc1ccccn1.[CH+]=O.[CH+]=O.[CH+]=O.[Ni]. The van der Waals surface area contributed by atoms with Gasteiger partial charge < -0.3 is 0 Å². The van der Waals surface area contributed by atoms with Crippen molar-refractivity contribution in [2.75, 3.05) is 0 Å². The minimum atomic E-state index is 0.